The SMILES string of the molecule is CNC=C(C(C)=O)c1ccccc1. The van der Waals surface area contributed by atoms with E-state index in [9.17, 15) is 4.79 Å². The van der Waals surface area contributed by atoms with Gasteiger partial charge in [0.2, 0.25) is 0 Å². The molecule has 2 heteroatoms. The third kappa shape index (κ3) is 2.44. The molecule has 0 aliphatic heterocycles. The van der Waals surface area contributed by atoms with E-state index in [1.165, 1.54) is 0 Å². The van der Waals surface area contributed by atoms with Crippen LogP contribution in [0.25, 0.3) is 5.57 Å². The van der Waals surface area contributed by atoms with E-state index >= 15 is 0 Å². The first-order valence-electron chi connectivity index (χ1n) is 4.19. The van der Waals surface area contributed by atoms with E-state index in [2.05, 4.69) is 5.32 Å². The van der Waals surface area contributed by atoms with Crippen molar-refractivity contribution < 1.29 is 4.79 Å². The van der Waals surface area contributed by atoms with Gasteiger partial charge in [0, 0.05) is 18.8 Å². The number of rotatable bonds is 3. The van der Waals surface area contributed by atoms with Crippen molar-refractivity contribution >= 4 is 11.4 Å². The lowest BCUT2D eigenvalue weighted by molar-refractivity contribution is -0.111. The molecule has 2 nitrogen and oxygen atoms in total. The van der Waals surface area contributed by atoms with Crippen LogP contribution in [0.1, 0.15) is 12.5 Å². The lowest BCUT2D eigenvalue weighted by atomic mass is 10.0. The van der Waals surface area contributed by atoms with E-state index in [1.54, 1.807) is 20.2 Å². The predicted molar refractivity (Wildman–Crippen MR) is 54.2 cm³/mol. The predicted octanol–water partition coefficient (Wildman–Crippen LogP) is 1.84. The van der Waals surface area contributed by atoms with E-state index in [0.717, 1.165) is 5.56 Å². The van der Waals surface area contributed by atoms with Crippen molar-refractivity contribution in [3.05, 3.63) is 42.1 Å². The third-order valence-corrected chi connectivity index (χ3v) is 1.75. The fourth-order valence-electron chi connectivity index (χ4n) is 1.15. The Kier molecular flexibility index (Phi) is 3.26. The Bertz CT molecular complexity index is 314. The Hall–Kier alpha value is -1.57. The van der Waals surface area contributed by atoms with E-state index in [-0.39, 0.29) is 5.78 Å². The Balaban J connectivity index is 3.03. The Morgan fingerprint density at radius 2 is 1.92 bits per heavy atom. The molecule has 0 amide bonds. The fourth-order valence-corrected chi connectivity index (χ4v) is 1.15. The molecule has 0 fully saturated rings. The normalized spacial score (nSPS) is 11.1. The summed E-state index contributed by atoms with van der Waals surface area (Å²) in [4.78, 5) is 11.2. The molecule has 0 atom stereocenters. The van der Waals surface area contributed by atoms with Gasteiger partial charge in [-0.05, 0) is 12.5 Å². The van der Waals surface area contributed by atoms with E-state index < -0.39 is 0 Å². The maximum Gasteiger partial charge on any atom is 0.161 e. The molecule has 0 aromatic heterocycles. The molecule has 0 aliphatic carbocycles. The minimum atomic E-state index is 0.0700. The number of carbonyl (C=O) groups excluding carboxylic acids is 1. The van der Waals surface area contributed by atoms with Gasteiger partial charge in [-0.1, -0.05) is 30.3 Å². The first kappa shape index (κ1) is 9.52. The minimum Gasteiger partial charge on any atom is -0.393 e. The summed E-state index contributed by atoms with van der Waals surface area (Å²) >= 11 is 0. The molecule has 1 aromatic carbocycles. The maximum atomic E-state index is 11.2. The van der Waals surface area contributed by atoms with Crippen molar-refractivity contribution in [2.24, 2.45) is 0 Å². The quantitative estimate of drug-likeness (QED) is 0.710. The fraction of sp³-hybridized carbons (Fsp3) is 0.182. The van der Waals surface area contributed by atoms with Gasteiger partial charge in [0.1, 0.15) is 0 Å². The number of carbonyl (C=O) groups is 1. The summed E-state index contributed by atoms with van der Waals surface area (Å²) in [5.41, 5.74) is 1.66. The Labute approximate surface area is 78.3 Å². The summed E-state index contributed by atoms with van der Waals surface area (Å²) < 4.78 is 0. The zero-order valence-electron chi connectivity index (χ0n) is 7.87. The topological polar surface area (TPSA) is 29.1 Å². The molecule has 1 N–H and O–H groups in total. The van der Waals surface area contributed by atoms with Crippen LogP contribution < -0.4 is 5.32 Å². The average molecular weight is 175 g/mol. The molecule has 1 rings (SSSR count). The highest BCUT2D eigenvalue weighted by Gasteiger charge is 2.04. The molecule has 0 radical (unpaired) electrons. The first-order chi connectivity index (χ1) is 6.25. The zero-order chi connectivity index (χ0) is 9.68. The van der Waals surface area contributed by atoms with Crippen LogP contribution in [0, 0.1) is 0 Å². The van der Waals surface area contributed by atoms with E-state index in [1.807, 2.05) is 30.3 Å². The summed E-state index contributed by atoms with van der Waals surface area (Å²) in [6.45, 7) is 1.57. The van der Waals surface area contributed by atoms with Crippen LogP contribution in [0.3, 0.4) is 0 Å². The second kappa shape index (κ2) is 4.45. The van der Waals surface area contributed by atoms with Gasteiger partial charge >= 0.3 is 0 Å². The Morgan fingerprint density at radius 1 is 1.31 bits per heavy atom. The summed E-state index contributed by atoms with van der Waals surface area (Å²) in [7, 11) is 1.78. The molecular weight excluding hydrogens is 162 g/mol. The molecular formula is C11H13NO. The summed E-state index contributed by atoms with van der Waals surface area (Å²) in [6.07, 6.45) is 1.72. The summed E-state index contributed by atoms with van der Waals surface area (Å²) in [6, 6.07) is 9.61. The van der Waals surface area contributed by atoms with Crippen molar-refractivity contribution in [2.45, 2.75) is 6.92 Å². The first-order valence-corrected chi connectivity index (χ1v) is 4.19. The average Bonchev–Trinajstić information content (AvgIpc) is 2.15. The number of allylic oxidation sites excluding steroid dienone is 1. The van der Waals surface area contributed by atoms with Crippen molar-refractivity contribution in [1.82, 2.24) is 5.32 Å². The maximum absolute atomic E-state index is 11.2. The number of benzene rings is 1. The summed E-state index contributed by atoms with van der Waals surface area (Å²) in [5, 5.41) is 2.86. The van der Waals surface area contributed by atoms with E-state index in [0.29, 0.717) is 5.57 Å². The van der Waals surface area contributed by atoms with Crippen molar-refractivity contribution in [3.8, 4) is 0 Å². The number of hydrogen-bond donors (Lipinski definition) is 1. The van der Waals surface area contributed by atoms with Gasteiger partial charge in [0.05, 0.1) is 0 Å². The second-order valence-corrected chi connectivity index (χ2v) is 2.77. The van der Waals surface area contributed by atoms with Gasteiger partial charge in [-0.3, -0.25) is 4.79 Å². The standard InChI is InChI=1S/C11H13NO/c1-9(13)11(8-12-2)10-6-4-3-5-7-10/h3-8,12H,1-2H3. The summed E-state index contributed by atoms with van der Waals surface area (Å²) in [5.74, 6) is 0.0700. The van der Waals surface area contributed by atoms with Gasteiger partial charge in [-0.15, -0.1) is 0 Å². The molecule has 0 saturated heterocycles. The molecule has 68 valence electrons. The smallest absolute Gasteiger partial charge is 0.161 e. The number of ketones is 1. The number of nitrogens with one attached hydrogen (secondary N) is 1. The highest BCUT2D eigenvalue weighted by molar-refractivity contribution is 6.19. The van der Waals surface area contributed by atoms with Crippen LogP contribution in [-0.4, -0.2) is 12.8 Å². The van der Waals surface area contributed by atoms with Gasteiger partial charge in [0.25, 0.3) is 0 Å². The highest BCUT2D eigenvalue weighted by atomic mass is 16.1. The molecule has 1 aromatic rings. The molecule has 0 heterocycles. The van der Waals surface area contributed by atoms with Crippen LogP contribution in [-0.2, 0) is 4.79 Å². The Morgan fingerprint density at radius 3 is 2.38 bits per heavy atom. The van der Waals surface area contributed by atoms with Crippen LogP contribution in [0.5, 0.6) is 0 Å². The van der Waals surface area contributed by atoms with Crippen molar-refractivity contribution in [2.75, 3.05) is 7.05 Å². The van der Waals surface area contributed by atoms with Gasteiger partial charge in [-0.25, -0.2) is 0 Å². The monoisotopic (exact) mass is 175 g/mol. The van der Waals surface area contributed by atoms with Crippen molar-refractivity contribution in [1.29, 1.82) is 0 Å². The number of hydrogen-bond acceptors (Lipinski definition) is 2. The van der Waals surface area contributed by atoms with Crippen molar-refractivity contribution in [3.63, 3.8) is 0 Å². The van der Waals surface area contributed by atoms with Gasteiger partial charge < -0.3 is 5.32 Å². The molecule has 0 spiro atoms. The largest absolute Gasteiger partial charge is 0.393 e. The molecule has 0 saturated carbocycles. The van der Waals surface area contributed by atoms with Crippen LogP contribution in [0.15, 0.2) is 36.5 Å². The minimum absolute atomic E-state index is 0.0700. The lowest BCUT2D eigenvalue weighted by Crippen LogP contribution is -2.02. The molecule has 0 aliphatic rings. The highest BCUT2D eigenvalue weighted by Crippen LogP contribution is 2.13. The van der Waals surface area contributed by atoms with E-state index in [4.69, 9.17) is 0 Å². The number of Topliss-reactive ketones (excluding diaryl/α,β-unsaturated/α-hetero) is 1. The molecule has 13 heavy (non-hydrogen) atoms. The third-order valence-electron chi connectivity index (χ3n) is 1.75. The molecule has 0 bridgehead atoms. The van der Waals surface area contributed by atoms with Gasteiger partial charge in [0.15, 0.2) is 5.78 Å². The molecule has 0 unspecified atom stereocenters. The van der Waals surface area contributed by atoms with Crippen LogP contribution in [0.4, 0.5) is 0 Å². The van der Waals surface area contributed by atoms with Gasteiger partial charge in [-0.2, -0.15) is 0 Å². The van der Waals surface area contributed by atoms with Crippen LogP contribution >= 0.6 is 0 Å². The van der Waals surface area contributed by atoms with Crippen LogP contribution in [0.2, 0.25) is 0 Å². The lowest BCUT2D eigenvalue weighted by Gasteiger charge is -2.02. The zero-order valence-corrected chi connectivity index (χ0v) is 7.87. The second-order valence-electron chi connectivity index (χ2n) is 2.77.